The molecule has 0 fully saturated rings. The van der Waals surface area contributed by atoms with Crippen LogP contribution in [0.25, 0.3) is 0 Å². The monoisotopic (exact) mass is 368 g/mol. The summed E-state index contributed by atoms with van der Waals surface area (Å²) in [6.45, 7) is 4.24. The van der Waals surface area contributed by atoms with Gasteiger partial charge in [-0.05, 0) is 49.2 Å². The molecule has 7 heteroatoms. The number of anilines is 1. The van der Waals surface area contributed by atoms with Crippen molar-refractivity contribution < 1.29 is 4.79 Å². The van der Waals surface area contributed by atoms with Crippen molar-refractivity contribution in [2.45, 2.75) is 20.4 Å². The lowest BCUT2D eigenvalue weighted by Crippen LogP contribution is -2.16. The van der Waals surface area contributed by atoms with Crippen LogP contribution in [0, 0.1) is 25.2 Å². The molecule has 1 N–H and O–H groups in total. The summed E-state index contributed by atoms with van der Waals surface area (Å²) in [6, 6.07) is 11.3. The lowest BCUT2D eigenvalue weighted by Gasteiger charge is -2.10. The van der Waals surface area contributed by atoms with Gasteiger partial charge in [-0.1, -0.05) is 6.07 Å². The fourth-order valence-electron chi connectivity index (χ4n) is 3.18. The van der Waals surface area contributed by atoms with Crippen molar-refractivity contribution in [2.24, 2.45) is 4.99 Å². The molecule has 0 radical (unpaired) electrons. The molecule has 0 spiro atoms. The molecule has 0 aliphatic carbocycles. The number of amides is 1. The molecule has 2 aromatic heterocycles. The number of carbonyl (C=O) groups excluding carboxylic acids is 1. The normalized spacial score (nSPS) is 12.1. The molecule has 0 bridgehead atoms. The summed E-state index contributed by atoms with van der Waals surface area (Å²) in [5.74, 6) is -0.320. The number of nitrogens with one attached hydrogen (secondary N) is 1. The molecule has 7 nitrogen and oxygen atoms in total. The number of nitrogens with zero attached hydrogens (tertiary/aromatic N) is 5. The van der Waals surface area contributed by atoms with Gasteiger partial charge in [0.15, 0.2) is 0 Å². The molecule has 0 unspecified atom stereocenters. The number of hydrogen-bond donors (Lipinski definition) is 1. The number of hydrogen-bond acceptors (Lipinski definition) is 6. The Labute approximate surface area is 161 Å². The van der Waals surface area contributed by atoms with Crippen LogP contribution in [0.3, 0.4) is 0 Å². The number of aliphatic imine (C=N–C) groups is 1. The summed E-state index contributed by atoms with van der Waals surface area (Å²) < 4.78 is 0. The van der Waals surface area contributed by atoms with Crippen molar-refractivity contribution in [2.75, 3.05) is 5.32 Å². The molecule has 0 saturated carbocycles. The van der Waals surface area contributed by atoms with Gasteiger partial charge in [-0.15, -0.1) is 0 Å². The minimum atomic E-state index is -0.320. The molecule has 3 heterocycles. The van der Waals surface area contributed by atoms with Crippen molar-refractivity contribution in [1.29, 1.82) is 5.26 Å². The second kappa shape index (κ2) is 7.00. The molecule has 1 aliphatic rings. The Kier molecular flexibility index (Phi) is 4.38. The van der Waals surface area contributed by atoms with E-state index in [1.165, 1.54) is 6.20 Å². The Morgan fingerprint density at radius 2 is 2.04 bits per heavy atom. The Hall–Kier alpha value is -3.92. The predicted octanol–water partition coefficient (Wildman–Crippen LogP) is 2.96. The van der Waals surface area contributed by atoms with Crippen LogP contribution >= 0.6 is 0 Å². The highest BCUT2D eigenvalue weighted by atomic mass is 16.1. The van der Waals surface area contributed by atoms with E-state index < -0.39 is 0 Å². The highest BCUT2D eigenvalue weighted by Gasteiger charge is 2.20. The van der Waals surface area contributed by atoms with E-state index in [-0.39, 0.29) is 5.91 Å². The minimum Gasteiger partial charge on any atom is -0.321 e. The number of aromatic nitrogens is 3. The van der Waals surface area contributed by atoms with Crippen LogP contribution in [-0.4, -0.2) is 26.8 Å². The fraction of sp³-hybridized carbons (Fsp3) is 0.143. The first-order chi connectivity index (χ1) is 13.5. The highest BCUT2D eigenvalue weighted by Crippen LogP contribution is 2.26. The van der Waals surface area contributed by atoms with E-state index in [0.29, 0.717) is 29.1 Å². The van der Waals surface area contributed by atoms with E-state index in [2.05, 4.69) is 25.5 Å². The first-order valence-corrected chi connectivity index (χ1v) is 8.70. The van der Waals surface area contributed by atoms with Crippen molar-refractivity contribution in [1.82, 2.24) is 15.2 Å². The van der Waals surface area contributed by atoms with Gasteiger partial charge < -0.3 is 5.32 Å². The summed E-state index contributed by atoms with van der Waals surface area (Å²) in [6.07, 6.45) is 3.09. The van der Waals surface area contributed by atoms with E-state index in [4.69, 9.17) is 5.26 Å². The van der Waals surface area contributed by atoms with E-state index in [0.717, 1.165) is 28.1 Å². The smallest absolute Gasteiger partial charge is 0.274 e. The second-order valence-corrected chi connectivity index (χ2v) is 6.58. The van der Waals surface area contributed by atoms with Crippen molar-refractivity contribution >= 4 is 17.3 Å². The van der Waals surface area contributed by atoms with Gasteiger partial charge in [-0.2, -0.15) is 15.5 Å². The number of aryl methyl sites for hydroxylation is 2. The molecule has 1 aromatic carbocycles. The van der Waals surface area contributed by atoms with Gasteiger partial charge in [0.2, 0.25) is 0 Å². The zero-order valence-electron chi connectivity index (χ0n) is 15.4. The van der Waals surface area contributed by atoms with Gasteiger partial charge in [0, 0.05) is 23.0 Å². The molecule has 136 valence electrons. The topological polar surface area (TPSA) is 104 Å². The van der Waals surface area contributed by atoms with Crippen LogP contribution in [0.5, 0.6) is 0 Å². The van der Waals surface area contributed by atoms with E-state index in [1.54, 1.807) is 19.2 Å². The number of carbonyl (C=O) groups is 1. The Morgan fingerprint density at radius 1 is 1.18 bits per heavy atom. The van der Waals surface area contributed by atoms with Crippen LogP contribution in [-0.2, 0) is 6.54 Å². The first-order valence-electron chi connectivity index (χ1n) is 8.70. The molecule has 0 atom stereocenters. The molecule has 0 saturated heterocycles. The summed E-state index contributed by atoms with van der Waals surface area (Å²) in [5, 5.41) is 19.8. The third-order valence-corrected chi connectivity index (χ3v) is 4.50. The molecule has 1 amide bonds. The predicted molar refractivity (Wildman–Crippen MR) is 104 cm³/mol. The summed E-state index contributed by atoms with van der Waals surface area (Å²) >= 11 is 0. The molecule has 28 heavy (non-hydrogen) atoms. The van der Waals surface area contributed by atoms with E-state index in [1.807, 2.05) is 37.3 Å². The van der Waals surface area contributed by atoms with Gasteiger partial charge in [0.25, 0.3) is 5.91 Å². The lowest BCUT2D eigenvalue weighted by atomic mass is 10.0. The van der Waals surface area contributed by atoms with Gasteiger partial charge in [0.05, 0.1) is 29.7 Å². The van der Waals surface area contributed by atoms with Crippen LogP contribution in [0.15, 0.2) is 47.7 Å². The zero-order chi connectivity index (χ0) is 19.7. The Morgan fingerprint density at radius 3 is 2.79 bits per heavy atom. The van der Waals surface area contributed by atoms with Gasteiger partial charge in [-0.25, -0.2) is 4.98 Å². The third kappa shape index (κ3) is 3.23. The molecule has 4 rings (SSSR count). The Bertz CT molecular complexity index is 1180. The van der Waals surface area contributed by atoms with Gasteiger partial charge >= 0.3 is 0 Å². The van der Waals surface area contributed by atoms with Crippen molar-refractivity contribution in [3.63, 3.8) is 0 Å². The molecule has 3 aromatic rings. The number of rotatable bonds is 3. The van der Waals surface area contributed by atoms with Crippen molar-refractivity contribution in [3.05, 3.63) is 81.9 Å². The van der Waals surface area contributed by atoms with Gasteiger partial charge in [-0.3, -0.25) is 9.79 Å². The molecule has 1 aliphatic heterocycles. The number of fused-ring (bicyclic) bond motifs is 1. The van der Waals surface area contributed by atoms with Crippen LogP contribution in [0.2, 0.25) is 0 Å². The fourth-order valence-corrected chi connectivity index (χ4v) is 3.18. The Balaban J connectivity index is 1.62. The van der Waals surface area contributed by atoms with Crippen molar-refractivity contribution in [3.8, 4) is 6.07 Å². The molecular formula is C21H16N6O. The number of pyridine rings is 1. The molecular weight excluding hydrogens is 352 g/mol. The maximum Gasteiger partial charge on any atom is 0.274 e. The highest BCUT2D eigenvalue weighted by molar-refractivity contribution is 6.16. The quantitative estimate of drug-likeness (QED) is 0.765. The van der Waals surface area contributed by atoms with E-state index in [9.17, 15) is 4.79 Å². The maximum atomic E-state index is 12.6. The van der Waals surface area contributed by atoms with E-state index >= 15 is 0 Å². The number of nitriles is 1. The average Bonchev–Trinajstić information content (AvgIpc) is 3.11. The minimum absolute atomic E-state index is 0.294. The standard InChI is InChI=1S/C21H16N6O/c1-12-5-14(8-22)9-23-19(12)21(28)26-17-4-3-15-10-24-20(18(15)7-17)16-6-13(2)27-25-11-16/h3-7,9,11H,10H2,1-2H3,(H,26,28). The summed E-state index contributed by atoms with van der Waals surface area (Å²) in [5.41, 5.74) is 6.65. The summed E-state index contributed by atoms with van der Waals surface area (Å²) in [7, 11) is 0. The van der Waals surface area contributed by atoms with Crippen LogP contribution < -0.4 is 5.32 Å². The number of benzene rings is 1. The van der Waals surface area contributed by atoms with Gasteiger partial charge in [0.1, 0.15) is 11.8 Å². The largest absolute Gasteiger partial charge is 0.321 e. The summed E-state index contributed by atoms with van der Waals surface area (Å²) in [4.78, 5) is 21.4. The average molecular weight is 368 g/mol. The maximum absolute atomic E-state index is 12.6. The van der Waals surface area contributed by atoms with Crippen LogP contribution in [0.4, 0.5) is 5.69 Å². The zero-order valence-corrected chi connectivity index (χ0v) is 15.4. The third-order valence-electron chi connectivity index (χ3n) is 4.50. The SMILES string of the molecule is Cc1cc(C2=NCc3ccc(NC(=O)c4ncc(C#N)cc4C)cc32)cnn1. The second-order valence-electron chi connectivity index (χ2n) is 6.58. The van der Waals surface area contributed by atoms with Crippen LogP contribution in [0.1, 0.15) is 44.0 Å². The first kappa shape index (κ1) is 17.5. The lowest BCUT2D eigenvalue weighted by molar-refractivity contribution is 0.102.